The summed E-state index contributed by atoms with van der Waals surface area (Å²) >= 11 is 0. The predicted octanol–water partition coefficient (Wildman–Crippen LogP) is 2.05. The fourth-order valence-electron chi connectivity index (χ4n) is 2.20. The maximum absolute atomic E-state index is 12.4. The van der Waals surface area contributed by atoms with Crippen molar-refractivity contribution in [2.45, 2.75) is 18.7 Å². The van der Waals surface area contributed by atoms with Gasteiger partial charge in [0.15, 0.2) is 9.84 Å². The standard InChI is InChI=1S/C14H16O6S2/c1-10-3-4-12-7-11(2)9-14(13(12)8-10)21(15,16)6-5-20-22(17,18)19/h3-4,7-9H,5-6H2,1-2H3,(H,17,18,19). The molecular weight excluding hydrogens is 328 g/mol. The average Bonchev–Trinajstić information content (AvgIpc) is 2.36. The lowest BCUT2D eigenvalue weighted by Crippen LogP contribution is -2.16. The van der Waals surface area contributed by atoms with Gasteiger partial charge in [0.1, 0.15) is 0 Å². The number of hydrogen-bond acceptors (Lipinski definition) is 5. The summed E-state index contributed by atoms with van der Waals surface area (Å²) in [6.45, 7) is 3.01. The van der Waals surface area contributed by atoms with E-state index in [-0.39, 0.29) is 4.90 Å². The molecule has 1 N–H and O–H groups in total. The Kier molecular flexibility index (Phi) is 4.57. The van der Waals surface area contributed by atoms with Crippen LogP contribution >= 0.6 is 0 Å². The molecule has 22 heavy (non-hydrogen) atoms. The van der Waals surface area contributed by atoms with Gasteiger partial charge in [0.05, 0.1) is 17.3 Å². The van der Waals surface area contributed by atoms with Gasteiger partial charge in [0, 0.05) is 5.39 Å². The summed E-state index contributed by atoms with van der Waals surface area (Å²) in [6, 6.07) is 8.92. The summed E-state index contributed by atoms with van der Waals surface area (Å²) in [7, 11) is -8.40. The topological polar surface area (TPSA) is 97.7 Å². The van der Waals surface area contributed by atoms with Gasteiger partial charge in [-0.05, 0) is 30.9 Å². The molecule has 0 amide bonds. The van der Waals surface area contributed by atoms with Gasteiger partial charge in [-0.2, -0.15) is 8.42 Å². The van der Waals surface area contributed by atoms with Gasteiger partial charge in [-0.1, -0.05) is 29.8 Å². The van der Waals surface area contributed by atoms with Gasteiger partial charge in [0.2, 0.25) is 0 Å². The van der Waals surface area contributed by atoms with Crippen molar-refractivity contribution in [3.63, 3.8) is 0 Å². The Hall–Kier alpha value is -1.48. The molecule has 0 spiro atoms. The zero-order valence-electron chi connectivity index (χ0n) is 12.1. The van der Waals surface area contributed by atoms with Crippen molar-refractivity contribution in [3.8, 4) is 0 Å². The Morgan fingerprint density at radius 3 is 2.32 bits per heavy atom. The van der Waals surface area contributed by atoms with Crippen molar-refractivity contribution in [2.24, 2.45) is 0 Å². The van der Waals surface area contributed by atoms with Gasteiger partial charge < -0.3 is 0 Å². The molecule has 0 aliphatic rings. The molecule has 0 heterocycles. The summed E-state index contributed by atoms with van der Waals surface area (Å²) < 4.78 is 58.5. The number of benzene rings is 2. The van der Waals surface area contributed by atoms with E-state index in [1.807, 2.05) is 25.1 Å². The smallest absolute Gasteiger partial charge is 0.264 e. The molecular formula is C14H16O6S2. The largest absolute Gasteiger partial charge is 0.397 e. The molecule has 0 fully saturated rings. The van der Waals surface area contributed by atoms with Crippen LogP contribution in [0.3, 0.4) is 0 Å². The lowest BCUT2D eigenvalue weighted by Gasteiger charge is -2.10. The highest BCUT2D eigenvalue weighted by Gasteiger charge is 2.19. The third-order valence-electron chi connectivity index (χ3n) is 3.14. The van der Waals surface area contributed by atoms with Crippen LogP contribution in [0.1, 0.15) is 11.1 Å². The number of fused-ring (bicyclic) bond motifs is 1. The Morgan fingerprint density at radius 1 is 1.00 bits per heavy atom. The number of rotatable bonds is 5. The minimum absolute atomic E-state index is 0.130. The molecule has 0 atom stereocenters. The normalized spacial score (nSPS) is 12.7. The minimum Gasteiger partial charge on any atom is -0.264 e. The van der Waals surface area contributed by atoms with Gasteiger partial charge in [-0.25, -0.2) is 12.6 Å². The summed E-state index contributed by atoms with van der Waals surface area (Å²) in [5, 5.41) is 1.37. The van der Waals surface area contributed by atoms with E-state index in [0.29, 0.717) is 5.39 Å². The molecule has 0 aromatic heterocycles. The fraction of sp³-hybridized carbons (Fsp3) is 0.286. The molecule has 2 aromatic carbocycles. The minimum atomic E-state index is -4.65. The lowest BCUT2D eigenvalue weighted by molar-refractivity contribution is 0.284. The summed E-state index contributed by atoms with van der Waals surface area (Å²) in [5.74, 6) is -0.542. The molecule has 0 aliphatic heterocycles. The number of sulfone groups is 1. The maximum Gasteiger partial charge on any atom is 0.397 e. The molecule has 0 unspecified atom stereocenters. The Labute approximate surface area is 129 Å². The second kappa shape index (κ2) is 5.96. The van der Waals surface area contributed by atoms with Crippen LogP contribution in [0, 0.1) is 13.8 Å². The predicted molar refractivity (Wildman–Crippen MR) is 83.0 cm³/mol. The van der Waals surface area contributed by atoms with Crippen LogP contribution in [0.5, 0.6) is 0 Å². The molecule has 120 valence electrons. The van der Waals surface area contributed by atoms with Crippen molar-refractivity contribution >= 4 is 31.0 Å². The third kappa shape index (κ3) is 4.04. The van der Waals surface area contributed by atoms with Crippen molar-refractivity contribution in [3.05, 3.63) is 41.5 Å². The molecule has 0 radical (unpaired) electrons. The summed E-state index contributed by atoms with van der Waals surface area (Å²) in [6.07, 6.45) is 0. The van der Waals surface area contributed by atoms with Crippen LogP contribution in [0.15, 0.2) is 35.2 Å². The SMILES string of the molecule is Cc1cc(S(=O)(=O)CCOS(=O)(=O)O)c2cc(C)ccc2c1. The molecule has 0 bridgehead atoms. The van der Waals surface area contributed by atoms with Crippen molar-refractivity contribution in [2.75, 3.05) is 12.4 Å². The Morgan fingerprint density at radius 2 is 1.68 bits per heavy atom. The highest BCUT2D eigenvalue weighted by molar-refractivity contribution is 7.91. The zero-order valence-corrected chi connectivity index (χ0v) is 13.7. The fourth-order valence-corrected chi connectivity index (χ4v) is 4.00. The first-order chi connectivity index (χ1) is 10.1. The molecule has 0 saturated carbocycles. The quantitative estimate of drug-likeness (QED) is 0.834. The summed E-state index contributed by atoms with van der Waals surface area (Å²) in [5.41, 5.74) is 1.70. The first-order valence-corrected chi connectivity index (χ1v) is 9.46. The summed E-state index contributed by atoms with van der Waals surface area (Å²) in [4.78, 5) is 0.130. The van der Waals surface area contributed by atoms with Gasteiger partial charge in [-0.3, -0.25) is 4.55 Å². The Bertz CT molecular complexity index is 914. The van der Waals surface area contributed by atoms with Gasteiger partial charge in [-0.15, -0.1) is 0 Å². The number of aryl methyl sites for hydroxylation is 2. The molecule has 0 saturated heterocycles. The Balaban J connectivity index is 2.46. The lowest BCUT2D eigenvalue weighted by atomic mass is 10.1. The second-order valence-corrected chi connectivity index (χ2v) is 8.22. The average molecular weight is 344 g/mol. The van der Waals surface area contributed by atoms with Crippen molar-refractivity contribution in [1.29, 1.82) is 0 Å². The van der Waals surface area contributed by atoms with Gasteiger partial charge >= 0.3 is 10.4 Å². The van der Waals surface area contributed by atoms with E-state index >= 15 is 0 Å². The molecule has 2 aromatic rings. The first kappa shape index (κ1) is 16.9. The van der Waals surface area contributed by atoms with Crippen LogP contribution in [-0.2, 0) is 24.4 Å². The maximum atomic E-state index is 12.4. The van der Waals surface area contributed by atoms with Crippen molar-refractivity contribution < 1.29 is 25.6 Å². The van der Waals surface area contributed by atoms with E-state index in [0.717, 1.165) is 16.5 Å². The van der Waals surface area contributed by atoms with Crippen LogP contribution in [-0.4, -0.2) is 33.7 Å². The van der Waals surface area contributed by atoms with Crippen LogP contribution in [0.2, 0.25) is 0 Å². The van der Waals surface area contributed by atoms with Crippen molar-refractivity contribution in [1.82, 2.24) is 0 Å². The van der Waals surface area contributed by atoms with E-state index in [4.69, 9.17) is 4.55 Å². The van der Waals surface area contributed by atoms with Crippen LogP contribution in [0.25, 0.3) is 10.8 Å². The number of hydrogen-bond donors (Lipinski definition) is 1. The van der Waals surface area contributed by atoms with E-state index in [9.17, 15) is 16.8 Å². The molecule has 8 heteroatoms. The van der Waals surface area contributed by atoms with E-state index < -0.39 is 32.6 Å². The monoisotopic (exact) mass is 344 g/mol. The zero-order chi connectivity index (χ0) is 16.5. The molecule has 6 nitrogen and oxygen atoms in total. The molecule has 2 rings (SSSR count). The van der Waals surface area contributed by atoms with Crippen LogP contribution < -0.4 is 0 Å². The van der Waals surface area contributed by atoms with E-state index in [1.54, 1.807) is 19.1 Å². The van der Waals surface area contributed by atoms with E-state index in [2.05, 4.69) is 4.18 Å². The highest BCUT2D eigenvalue weighted by atomic mass is 32.3. The van der Waals surface area contributed by atoms with E-state index in [1.165, 1.54) is 0 Å². The van der Waals surface area contributed by atoms with Gasteiger partial charge in [0.25, 0.3) is 0 Å². The second-order valence-electron chi connectivity index (χ2n) is 5.06. The first-order valence-electron chi connectivity index (χ1n) is 6.44. The molecule has 0 aliphatic carbocycles. The highest BCUT2D eigenvalue weighted by Crippen LogP contribution is 2.27. The third-order valence-corrected chi connectivity index (χ3v) is 5.31. The van der Waals surface area contributed by atoms with Crippen LogP contribution in [0.4, 0.5) is 0 Å².